The largest absolute Gasteiger partial charge is 0.354 e. The molecule has 7 heteroatoms. The van der Waals surface area contributed by atoms with E-state index in [1.54, 1.807) is 30.1 Å². The Morgan fingerprint density at radius 1 is 1.17 bits per heavy atom. The zero-order valence-corrected chi connectivity index (χ0v) is 14.7. The van der Waals surface area contributed by atoms with Gasteiger partial charge in [0, 0.05) is 32.7 Å². The van der Waals surface area contributed by atoms with Gasteiger partial charge in [0.1, 0.15) is 0 Å². The molecule has 0 saturated heterocycles. The highest BCUT2D eigenvalue weighted by Crippen LogP contribution is 2.12. The molecule has 132 valence electrons. The molecule has 0 saturated carbocycles. The van der Waals surface area contributed by atoms with E-state index in [1.807, 2.05) is 19.9 Å². The molecule has 0 aliphatic carbocycles. The Morgan fingerprint density at radius 3 is 2.50 bits per heavy atom. The van der Waals surface area contributed by atoms with Gasteiger partial charge in [0.05, 0.1) is 6.54 Å². The Balaban J connectivity index is 2.46. The predicted molar refractivity (Wildman–Crippen MR) is 93.5 cm³/mol. The van der Waals surface area contributed by atoms with Gasteiger partial charge in [-0.3, -0.25) is 9.59 Å². The van der Waals surface area contributed by atoms with Crippen molar-refractivity contribution in [2.45, 2.75) is 27.3 Å². The molecule has 0 radical (unpaired) electrons. The van der Waals surface area contributed by atoms with Gasteiger partial charge >= 0.3 is 6.03 Å². The lowest BCUT2D eigenvalue weighted by Gasteiger charge is -2.15. The zero-order chi connectivity index (χ0) is 18.1. The van der Waals surface area contributed by atoms with Gasteiger partial charge in [-0.15, -0.1) is 0 Å². The molecule has 3 N–H and O–H groups in total. The van der Waals surface area contributed by atoms with Gasteiger partial charge in [0.25, 0.3) is 0 Å². The highest BCUT2D eigenvalue weighted by molar-refractivity contribution is 5.92. The quantitative estimate of drug-likeness (QED) is 0.707. The molecule has 0 aromatic heterocycles. The van der Waals surface area contributed by atoms with Crippen molar-refractivity contribution in [1.82, 2.24) is 15.5 Å². The summed E-state index contributed by atoms with van der Waals surface area (Å²) >= 11 is 0. The number of urea groups is 1. The van der Waals surface area contributed by atoms with Gasteiger partial charge in [-0.25, -0.2) is 4.79 Å². The van der Waals surface area contributed by atoms with Crippen molar-refractivity contribution < 1.29 is 14.4 Å². The number of carbonyl (C=O) groups excluding carboxylic acids is 3. The van der Waals surface area contributed by atoms with E-state index in [-0.39, 0.29) is 18.4 Å². The molecule has 0 aliphatic rings. The predicted octanol–water partition coefficient (Wildman–Crippen LogP) is 1.56. The first-order valence-electron chi connectivity index (χ1n) is 7.90. The molecule has 0 heterocycles. The highest BCUT2D eigenvalue weighted by atomic mass is 16.2. The third-order valence-electron chi connectivity index (χ3n) is 3.26. The monoisotopic (exact) mass is 334 g/mol. The van der Waals surface area contributed by atoms with Gasteiger partial charge in [-0.05, 0) is 23.6 Å². The minimum Gasteiger partial charge on any atom is -0.354 e. The first-order chi connectivity index (χ1) is 11.3. The summed E-state index contributed by atoms with van der Waals surface area (Å²) in [4.78, 5) is 36.2. The Hall–Kier alpha value is -2.57. The minimum absolute atomic E-state index is 0.0292. The summed E-state index contributed by atoms with van der Waals surface area (Å²) < 4.78 is 0. The Kier molecular flexibility index (Phi) is 7.74. The normalized spacial score (nSPS) is 10.2. The standard InChI is InChI=1S/C17H26N4O3/c1-12(2)9-18-16(23)10-19-17(24)20-15-7-5-6-14(8-15)11-21(4)13(3)22/h5-8,12H,9-11H2,1-4H3,(H,18,23)(H2,19,20,24). The van der Waals surface area contributed by atoms with E-state index in [1.165, 1.54) is 6.92 Å². The molecular weight excluding hydrogens is 308 g/mol. The van der Waals surface area contributed by atoms with Gasteiger partial charge in [-0.1, -0.05) is 26.0 Å². The van der Waals surface area contributed by atoms with Gasteiger partial charge in [0.2, 0.25) is 11.8 Å². The smallest absolute Gasteiger partial charge is 0.319 e. The van der Waals surface area contributed by atoms with Crippen LogP contribution in [-0.2, 0) is 16.1 Å². The van der Waals surface area contributed by atoms with Crippen molar-refractivity contribution in [2.75, 3.05) is 25.5 Å². The lowest BCUT2D eigenvalue weighted by Crippen LogP contribution is -2.40. The lowest BCUT2D eigenvalue weighted by atomic mass is 10.2. The van der Waals surface area contributed by atoms with E-state index in [2.05, 4.69) is 16.0 Å². The van der Waals surface area contributed by atoms with E-state index in [0.717, 1.165) is 5.56 Å². The molecule has 24 heavy (non-hydrogen) atoms. The van der Waals surface area contributed by atoms with E-state index >= 15 is 0 Å². The van der Waals surface area contributed by atoms with E-state index in [9.17, 15) is 14.4 Å². The molecule has 7 nitrogen and oxygen atoms in total. The average Bonchev–Trinajstić information content (AvgIpc) is 2.51. The molecular formula is C17H26N4O3. The SMILES string of the molecule is CC(=O)N(C)Cc1cccc(NC(=O)NCC(=O)NCC(C)C)c1. The molecule has 0 spiro atoms. The van der Waals surface area contributed by atoms with Crippen LogP contribution in [0.1, 0.15) is 26.3 Å². The Labute approximate surface area is 142 Å². The van der Waals surface area contributed by atoms with Gasteiger partial charge in [0.15, 0.2) is 0 Å². The van der Waals surface area contributed by atoms with Crippen LogP contribution >= 0.6 is 0 Å². The first-order valence-corrected chi connectivity index (χ1v) is 7.90. The number of rotatable bonds is 7. The van der Waals surface area contributed by atoms with Crippen LogP contribution < -0.4 is 16.0 Å². The third kappa shape index (κ3) is 7.62. The average molecular weight is 334 g/mol. The van der Waals surface area contributed by atoms with E-state index < -0.39 is 6.03 Å². The van der Waals surface area contributed by atoms with Crippen molar-refractivity contribution in [2.24, 2.45) is 5.92 Å². The van der Waals surface area contributed by atoms with E-state index in [4.69, 9.17) is 0 Å². The molecule has 0 aliphatic heterocycles. The van der Waals surface area contributed by atoms with Crippen LogP contribution in [0, 0.1) is 5.92 Å². The van der Waals surface area contributed by atoms with Crippen LogP contribution in [0.15, 0.2) is 24.3 Å². The summed E-state index contributed by atoms with van der Waals surface area (Å²) in [7, 11) is 1.71. The summed E-state index contributed by atoms with van der Waals surface area (Å²) in [5.74, 6) is 0.104. The van der Waals surface area contributed by atoms with Crippen LogP contribution in [-0.4, -0.2) is 42.9 Å². The number of nitrogens with one attached hydrogen (secondary N) is 3. The maximum atomic E-state index is 11.8. The highest BCUT2D eigenvalue weighted by Gasteiger charge is 2.08. The molecule has 1 rings (SSSR count). The number of hydrogen-bond donors (Lipinski definition) is 3. The molecule has 4 amide bonds. The number of anilines is 1. The third-order valence-corrected chi connectivity index (χ3v) is 3.26. The van der Waals surface area contributed by atoms with Crippen molar-refractivity contribution in [3.05, 3.63) is 29.8 Å². The summed E-state index contributed by atoms with van der Waals surface area (Å²) in [6.45, 7) is 6.46. The minimum atomic E-state index is -0.452. The maximum Gasteiger partial charge on any atom is 0.319 e. The molecule has 0 atom stereocenters. The molecule has 0 unspecified atom stereocenters. The molecule has 0 fully saturated rings. The second kappa shape index (κ2) is 9.54. The number of amides is 4. The summed E-state index contributed by atoms with van der Waals surface area (Å²) in [6.07, 6.45) is 0. The topological polar surface area (TPSA) is 90.5 Å². The fraction of sp³-hybridized carbons (Fsp3) is 0.471. The number of hydrogen-bond acceptors (Lipinski definition) is 3. The van der Waals surface area contributed by atoms with Crippen LogP contribution in [0.2, 0.25) is 0 Å². The Morgan fingerprint density at radius 2 is 1.88 bits per heavy atom. The zero-order valence-electron chi connectivity index (χ0n) is 14.7. The second-order valence-electron chi connectivity index (χ2n) is 6.08. The van der Waals surface area contributed by atoms with Crippen molar-refractivity contribution in [3.8, 4) is 0 Å². The van der Waals surface area contributed by atoms with Crippen molar-refractivity contribution >= 4 is 23.5 Å². The fourth-order valence-electron chi connectivity index (χ4n) is 1.85. The van der Waals surface area contributed by atoms with Crippen molar-refractivity contribution in [3.63, 3.8) is 0 Å². The van der Waals surface area contributed by atoms with Gasteiger partial charge in [-0.2, -0.15) is 0 Å². The molecule has 0 bridgehead atoms. The first kappa shape index (κ1) is 19.5. The van der Waals surface area contributed by atoms with Crippen LogP contribution in [0.4, 0.5) is 10.5 Å². The van der Waals surface area contributed by atoms with Crippen LogP contribution in [0.5, 0.6) is 0 Å². The number of benzene rings is 1. The number of carbonyl (C=O) groups is 3. The lowest BCUT2D eigenvalue weighted by molar-refractivity contribution is -0.128. The maximum absolute atomic E-state index is 11.8. The van der Waals surface area contributed by atoms with Gasteiger partial charge < -0.3 is 20.9 Å². The number of nitrogens with zero attached hydrogens (tertiary/aromatic N) is 1. The van der Waals surface area contributed by atoms with Crippen LogP contribution in [0.3, 0.4) is 0 Å². The second-order valence-corrected chi connectivity index (χ2v) is 6.08. The molecule has 1 aromatic rings. The van der Waals surface area contributed by atoms with Crippen LogP contribution in [0.25, 0.3) is 0 Å². The van der Waals surface area contributed by atoms with E-state index in [0.29, 0.717) is 24.7 Å². The summed E-state index contributed by atoms with van der Waals surface area (Å²) in [6, 6.07) is 6.76. The Bertz CT molecular complexity index is 587. The fourth-order valence-corrected chi connectivity index (χ4v) is 1.85. The summed E-state index contributed by atoms with van der Waals surface area (Å²) in [5.41, 5.74) is 1.50. The molecule has 1 aromatic carbocycles. The van der Waals surface area contributed by atoms with Crippen molar-refractivity contribution in [1.29, 1.82) is 0 Å². The summed E-state index contributed by atoms with van der Waals surface area (Å²) in [5, 5.41) is 7.90.